The van der Waals surface area contributed by atoms with Crippen molar-refractivity contribution in [2.75, 3.05) is 20.2 Å². The molecule has 0 bridgehead atoms. The maximum absolute atomic E-state index is 13.8. The predicted molar refractivity (Wildman–Crippen MR) is 73.7 cm³/mol. The van der Waals surface area contributed by atoms with Crippen LogP contribution in [0.1, 0.15) is 23.2 Å². The standard InChI is InChI=1S/C13H17FN2O4S/c1-20-13(17)12-10(14)3-2-4-11(12)21(18,19)16-7-5-9(15)6-8-16/h2-4,9H,5-8,15H2,1H3. The van der Waals surface area contributed by atoms with Crippen LogP contribution in [0.4, 0.5) is 4.39 Å². The molecule has 8 heteroatoms. The molecule has 0 radical (unpaired) electrons. The van der Waals surface area contributed by atoms with Crippen molar-refractivity contribution in [3.8, 4) is 0 Å². The van der Waals surface area contributed by atoms with Crippen LogP contribution in [0.3, 0.4) is 0 Å². The Hall–Kier alpha value is -1.51. The largest absolute Gasteiger partial charge is 0.465 e. The Morgan fingerprint density at radius 1 is 1.38 bits per heavy atom. The van der Waals surface area contributed by atoms with E-state index in [-0.39, 0.29) is 24.0 Å². The van der Waals surface area contributed by atoms with Crippen molar-refractivity contribution in [1.82, 2.24) is 4.31 Å². The van der Waals surface area contributed by atoms with Crippen molar-refractivity contribution in [2.24, 2.45) is 5.73 Å². The van der Waals surface area contributed by atoms with E-state index in [9.17, 15) is 17.6 Å². The molecule has 1 aliphatic rings. The van der Waals surface area contributed by atoms with E-state index in [1.54, 1.807) is 0 Å². The first-order chi connectivity index (χ1) is 9.87. The van der Waals surface area contributed by atoms with Crippen LogP contribution >= 0.6 is 0 Å². The number of rotatable bonds is 3. The maximum Gasteiger partial charge on any atom is 0.342 e. The summed E-state index contributed by atoms with van der Waals surface area (Å²) in [5, 5.41) is 0. The number of esters is 1. The van der Waals surface area contributed by atoms with E-state index < -0.39 is 27.4 Å². The highest BCUT2D eigenvalue weighted by Gasteiger charge is 2.33. The Bertz CT molecular complexity index is 640. The van der Waals surface area contributed by atoms with E-state index >= 15 is 0 Å². The fourth-order valence-corrected chi connectivity index (χ4v) is 3.93. The first-order valence-corrected chi connectivity index (χ1v) is 7.94. The number of halogens is 1. The smallest absolute Gasteiger partial charge is 0.342 e. The zero-order valence-electron chi connectivity index (χ0n) is 11.6. The summed E-state index contributed by atoms with van der Waals surface area (Å²) in [5.41, 5.74) is 5.19. The Labute approximate surface area is 122 Å². The van der Waals surface area contributed by atoms with Crippen molar-refractivity contribution < 1.29 is 22.3 Å². The SMILES string of the molecule is COC(=O)c1c(F)cccc1S(=O)(=O)N1CCC(N)CC1. The lowest BCUT2D eigenvalue weighted by Gasteiger charge is -2.29. The third-order valence-corrected chi connectivity index (χ3v) is 5.42. The molecule has 116 valence electrons. The lowest BCUT2D eigenvalue weighted by molar-refractivity contribution is 0.0590. The van der Waals surface area contributed by atoms with E-state index in [1.807, 2.05) is 0 Å². The summed E-state index contributed by atoms with van der Waals surface area (Å²) in [6.07, 6.45) is 1.06. The van der Waals surface area contributed by atoms with Crippen LogP contribution < -0.4 is 5.73 Å². The second kappa shape index (κ2) is 6.08. The number of nitrogens with zero attached hydrogens (tertiary/aromatic N) is 1. The molecule has 1 saturated heterocycles. The first kappa shape index (κ1) is 15.9. The van der Waals surface area contributed by atoms with Gasteiger partial charge in [0, 0.05) is 19.1 Å². The lowest BCUT2D eigenvalue weighted by Crippen LogP contribution is -2.43. The number of sulfonamides is 1. The average Bonchev–Trinajstić information content (AvgIpc) is 2.46. The van der Waals surface area contributed by atoms with Crippen molar-refractivity contribution in [1.29, 1.82) is 0 Å². The number of ether oxygens (including phenoxy) is 1. The van der Waals surface area contributed by atoms with Gasteiger partial charge in [0.1, 0.15) is 11.4 Å². The second-order valence-electron chi connectivity index (χ2n) is 4.85. The summed E-state index contributed by atoms with van der Waals surface area (Å²) in [4.78, 5) is 11.3. The molecule has 1 fully saturated rings. The third-order valence-electron chi connectivity index (χ3n) is 3.48. The first-order valence-electron chi connectivity index (χ1n) is 6.50. The van der Waals surface area contributed by atoms with Crippen LogP contribution in [0.2, 0.25) is 0 Å². The minimum atomic E-state index is -3.96. The van der Waals surface area contributed by atoms with Gasteiger partial charge in [0.05, 0.1) is 12.0 Å². The van der Waals surface area contributed by atoms with E-state index in [0.717, 1.165) is 13.2 Å². The fraction of sp³-hybridized carbons (Fsp3) is 0.462. The normalized spacial score (nSPS) is 17.7. The van der Waals surface area contributed by atoms with Gasteiger partial charge in [-0.3, -0.25) is 0 Å². The van der Waals surface area contributed by atoms with Crippen molar-refractivity contribution in [2.45, 2.75) is 23.8 Å². The van der Waals surface area contributed by atoms with Crippen LogP contribution in [0.5, 0.6) is 0 Å². The zero-order chi connectivity index (χ0) is 15.6. The van der Waals surface area contributed by atoms with E-state index in [0.29, 0.717) is 12.8 Å². The predicted octanol–water partition coefficient (Wildman–Crippen LogP) is 0.724. The highest BCUT2D eigenvalue weighted by Crippen LogP contribution is 2.25. The van der Waals surface area contributed by atoms with Gasteiger partial charge in [0.25, 0.3) is 0 Å². The molecule has 21 heavy (non-hydrogen) atoms. The minimum absolute atomic E-state index is 0.0379. The monoisotopic (exact) mass is 316 g/mol. The number of hydrogen-bond acceptors (Lipinski definition) is 5. The van der Waals surface area contributed by atoms with Gasteiger partial charge in [-0.25, -0.2) is 17.6 Å². The molecule has 6 nitrogen and oxygen atoms in total. The summed E-state index contributed by atoms with van der Waals surface area (Å²) >= 11 is 0. The quantitative estimate of drug-likeness (QED) is 0.830. The molecule has 0 unspecified atom stereocenters. The fourth-order valence-electron chi connectivity index (χ4n) is 2.27. The van der Waals surface area contributed by atoms with Crippen LogP contribution in [0.15, 0.2) is 23.1 Å². The van der Waals surface area contributed by atoms with Crippen LogP contribution in [0, 0.1) is 5.82 Å². The molecule has 0 atom stereocenters. The number of piperidine rings is 1. The summed E-state index contributed by atoms with van der Waals surface area (Å²) in [6.45, 7) is 0.501. The highest BCUT2D eigenvalue weighted by molar-refractivity contribution is 7.89. The van der Waals surface area contributed by atoms with Crippen molar-refractivity contribution in [3.63, 3.8) is 0 Å². The maximum atomic E-state index is 13.8. The molecule has 2 rings (SSSR count). The van der Waals surface area contributed by atoms with Crippen LogP contribution in [-0.2, 0) is 14.8 Å². The van der Waals surface area contributed by atoms with Crippen molar-refractivity contribution in [3.05, 3.63) is 29.6 Å². The van der Waals surface area contributed by atoms with Gasteiger partial charge in [-0.05, 0) is 25.0 Å². The molecular weight excluding hydrogens is 299 g/mol. The number of carbonyl (C=O) groups excluding carboxylic acids is 1. The Morgan fingerprint density at radius 3 is 2.57 bits per heavy atom. The van der Waals surface area contributed by atoms with Gasteiger partial charge >= 0.3 is 5.97 Å². The average molecular weight is 316 g/mol. The topological polar surface area (TPSA) is 89.7 Å². The van der Waals surface area contributed by atoms with Gasteiger partial charge in [0.2, 0.25) is 10.0 Å². The Kier molecular flexibility index (Phi) is 4.60. The molecule has 0 aromatic heterocycles. The van der Waals surface area contributed by atoms with E-state index in [1.165, 1.54) is 16.4 Å². The highest BCUT2D eigenvalue weighted by atomic mass is 32.2. The summed E-state index contributed by atoms with van der Waals surface area (Å²) in [6, 6.07) is 3.45. The number of carbonyl (C=O) groups is 1. The summed E-state index contributed by atoms with van der Waals surface area (Å²) < 4.78 is 44.7. The van der Waals surface area contributed by atoms with Gasteiger partial charge in [-0.2, -0.15) is 4.31 Å². The molecule has 1 aromatic rings. The van der Waals surface area contributed by atoms with E-state index in [2.05, 4.69) is 4.74 Å². The van der Waals surface area contributed by atoms with Gasteiger partial charge in [-0.15, -0.1) is 0 Å². The number of hydrogen-bond donors (Lipinski definition) is 1. The van der Waals surface area contributed by atoms with Crippen molar-refractivity contribution >= 4 is 16.0 Å². The molecule has 0 spiro atoms. The Balaban J connectivity index is 2.45. The molecular formula is C13H17FN2O4S. The minimum Gasteiger partial charge on any atom is -0.465 e. The number of methoxy groups -OCH3 is 1. The lowest BCUT2D eigenvalue weighted by atomic mass is 10.1. The molecule has 0 amide bonds. The zero-order valence-corrected chi connectivity index (χ0v) is 12.4. The van der Waals surface area contributed by atoms with Crippen LogP contribution in [-0.4, -0.2) is 44.9 Å². The van der Waals surface area contributed by atoms with E-state index in [4.69, 9.17) is 5.73 Å². The molecule has 0 saturated carbocycles. The third kappa shape index (κ3) is 3.07. The second-order valence-corrected chi connectivity index (χ2v) is 6.75. The molecule has 1 aromatic carbocycles. The summed E-state index contributed by atoms with van der Waals surface area (Å²) in [5.74, 6) is -1.93. The number of benzene rings is 1. The molecule has 1 aliphatic heterocycles. The molecule has 2 N–H and O–H groups in total. The molecule has 1 heterocycles. The van der Waals surface area contributed by atoms with Gasteiger partial charge in [0.15, 0.2) is 0 Å². The van der Waals surface area contributed by atoms with Crippen LogP contribution in [0.25, 0.3) is 0 Å². The van der Waals surface area contributed by atoms with Gasteiger partial charge in [-0.1, -0.05) is 6.07 Å². The summed E-state index contributed by atoms with van der Waals surface area (Å²) in [7, 11) is -2.88. The van der Waals surface area contributed by atoms with Gasteiger partial charge < -0.3 is 10.5 Å². The molecule has 0 aliphatic carbocycles. The Morgan fingerprint density at radius 2 is 2.00 bits per heavy atom. The number of nitrogens with two attached hydrogens (primary N) is 1.